The summed E-state index contributed by atoms with van der Waals surface area (Å²) in [6.07, 6.45) is -13.7. The smallest absolute Gasteiger partial charge is 0.303 e. The largest absolute Gasteiger partial charge is 0.463 e. The molecule has 6 unspecified atom stereocenters. The molecule has 0 aromatic heterocycles. The van der Waals surface area contributed by atoms with Gasteiger partial charge >= 0.3 is 35.8 Å². The van der Waals surface area contributed by atoms with Gasteiger partial charge in [0.2, 0.25) is 0 Å². The fraction of sp³-hybridized carbons (Fsp3) is 0.487. The summed E-state index contributed by atoms with van der Waals surface area (Å²) in [6.45, 7) is 5.14. The first-order valence-electron chi connectivity index (χ1n) is 18.1. The molecule has 2 amide bonds. The lowest BCUT2D eigenvalue weighted by molar-refractivity contribution is -0.292. The van der Waals surface area contributed by atoms with Gasteiger partial charge in [-0.3, -0.25) is 43.3 Å². The van der Waals surface area contributed by atoms with E-state index >= 15 is 0 Å². The van der Waals surface area contributed by atoms with Crippen molar-refractivity contribution in [2.45, 2.75) is 109 Å². The van der Waals surface area contributed by atoms with Gasteiger partial charge in [-0.15, -0.1) is 0 Å². The minimum atomic E-state index is -1.79. The maximum atomic E-state index is 14.0. The monoisotopic (exact) mass is 813 g/mol. The molecule has 0 saturated carbocycles. The molecule has 312 valence electrons. The van der Waals surface area contributed by atoms with Crippen LogP contribution in [0.1, 0.15) is 67.8 Å². The predicted octanol–water partition coefficient (Wildman–Crippen LogP) is 1.56. The molecule has 5 rings (SSSR count). The number of hydrogen-bond acceptors (Lipinski definition) is 18. The second kappa shape index (κ2) is 19.1. The molecule has 2 fully saturated rings. The topological polar surface area (TPSA) is 232 Å². The van der Waals surface area contributed by atoms with Crippen molar-refractivity contribution in [1.29, 1.82) is 0 Å². The van der Waals surface area contributed by atoms with Gasteiger partial charge in [0, 0.05) is 41.5 Å². The van der Waals surface area contributed by atoms with Crippen molar-refractivity contribution >= 4 is 47.6 Å². The number of benzene rings is 2. The Bertz CT molecular complexity index is 1850. The van der Waals surface area contributed by atoms with E-state index < -0.39 is 122 Å². The first kappa shape index (κ1) is 43.4. The first-order chi connectivity index (χ1) is 27.5. The van der Waals surface area contributed by atoms with Crippen LogP contribution in [-0.4, -0.2) is 127 Å². The second-order valence-electron chi connectivity index (χ2n) is 13.4. The number of carbonyl (C=O) groups is 8. The fourth-order valence-corrected chi connectivity index (χ4v) is 6.85. The highest BCUT2D eigenvalue weighted by atomic mass is 16.8. The Labute approximate surface area is 332 Å². The Morgan fingerprint density at radius 2 is 1.14 bits per heavy atom. The lowest BCUT2D eigenvalue weighted by atomic mass is 9.94. The molecule has 3 aliphatic rings. The van der Waals surface area contributed by atoms with Gasteiger partial charge in [0.1, 0.15) is 24.9 Å². The Morgan fingerprint density at radius 1 is 0.603 bits per heavy atom. The molecule has 10 atom stereocenters. The number of imide groups is 1. The van der Waals surface area contributed by atoms with E-state index in [-0.39, 0.29) is 17.7 Å². The number of nitrogens with zero attached hydrogens (tertiary/aromatic N) is 1. The molecule has 0 spiro atoms. The Morgan fingerprint density at radius 3 is 1.69 bits per heavy atom. The van der Waals surface area contributed by atoms with Crippen LogP contribution in [-0.2, 0) is 82.7 Å². The third-order valence-corrected chi connectivity index (χ3v) is 8.97. The van der Waals surface area contributed by atoms with Crippen LogP contribution in [0.2, 0.25) is 0 Å². The summed E-state index contributed by atoms with van der Waals surface area (Å²) < 4.78 is 57.6. The molecule has 19 heteroatoms. The van der Waals surface area contributed by atoms with Crippen molar-refractivity contribution in [3.8, 4) is 0 Å². The molecule has 0 bridgehead atoms. The highest BCUT2D eigenvalue weighted by Gasteiger charge is 2.59. The maximum absolute atomic E-state index is 14.0. The van der Waals surface area contributed by atoms with Crippen molar-refractivity contribution in [3.63, 3.8) is 0 Å². The van der Waals surface area contributed by atoms with Gasteiger partial charge in [0.05, 0.1) is 24.3 Å². The zero-order chi connectivity index (χ0) is 42.3. The summed E-state index contributed by atoms with van der Waals surface area (Å²) in [5.41, 5.74) is 0.711. The van der Waals surface area contributed by atoms with Crippen LogP contribution in [0.5, 0.6) is 0 Å². The molecule has 58 heavy (non-hydrogen) atoms. The van der Waals surface area contributed by atoms with E-state index in [0.29, 0.717) is 5.56 Å². The molecule has 2 aromatic rings. The molecule has 0 radical (unpaired) electrons. The molecular formula is C39H43NO18. The van der Waals surface area contributed by atoms with Crippen molar-refractivity contribution in [2.75, 3.05) is 13.2 Å². The Kier molecular flexibility index (Phi) is 14.3. The maximum Gasteiger partial charge on any atom is 0.303 e. The third kappa shape index (κ3) is 10.4. The molecular weight excluding hydrogens is 770 g/mol. The number of ether oxygens (including phenoxy) is 10. The van der Waals surface area contributed by atoms with Crippen LogP contribution in [0.15, 0.2) is 54.6 Å². The van der Waals surface area contributed by atoms with E-state index in [1.165, 1.54) is 24.3 Å². The Balaban J connectivity index is 1.54. The molecule has 0 N–H and O–H groups in total. The van der Waals surface area contributed by atoms with E-state index in [1.807, 2.05) is 0 Å². The van der Waals surface area contributed by atoms with Crippen LogP contribution < -0.4 is 0 Å². The number of amides is 2. The lowest BCUT2D eigenvalue weighted by Crippen LogP contribution is -2.67. The summed E-state index contributed by atoms with van der Waals surface area (Å²) >= 11 is 0. The van der Waals surface area contributed by atoms with Crippen LogP contribution in [0.3, 0.4) is 0 Å². The van der Waals surface area contributed by atoms with Crippen molar-refractivity contribution in [2.24, 2.45) is 0 Å². The van der Waals surface area contributed by atoms with Gasteiger partial charge in [0.15, 0.2) is 43.1 Å². The van der Waals surface area contributed by atoms with Crippen LogP contribution in [0.4, 0.5) is 0 Å². The average molecular weight is 814 g/mol. The number of carbonyl (C=O) groups excluding carboxylic acids is 8. The normalized spacial score (nSPS) is 26.9. The van der Waals surface area contributed by atoms with Gasteiger partial charge in [0.25, 0.3) is 11.8 Å². The summed E-state index contributed by atoms with van der Waals surface area (Å²) in [7, 11) is 0. The van der Waals surface area contributed by atoms with Crippen molar-refractivity contribution in [1.82, 2.24) is 4.90 Å². The molecule has 3 heterocycles. The Hall–Kier alpha value is -5.76. The average Bonchev–Trinajstić information content (AvgIpc) is 3.60. The molecule has 19 nitrogen and oxygen atoms in total. The SMILES string of the molecule is CC(=O)OCC1O[C@@H](OCC(OC(C)=O)[C@@H]2O[C@H](OCc3ccccc3)C(OC(C)=O)C2OC(C)=O)C(N2C(=O)c3ccccc3C2=O)C(OC(C)=O)[C@@H]1OC(C)=O. The quantitative estimate of drug-likeness (QED) is 0.141. The minimum Gasteiger partial charge on any atom is -0.463 e. The zero-order valence-corrected chi connectivity index (χ0v) is 32.4. The summed E-state index contributed by atoms with van der Waals surface area (Å²) in [4.78, 5) is 103. The molecule has 0 aliphatic carbocycles. The highest BCUT2D eigenvalue weighted by molar-refractivity contribution is 6.21. The van der Waals surface area contributed by atoms with Gasteiger partial charge in [-0.1, -0.05) is 42.5 Å². The van der Waals surface area contributed by atoms with E-state index in [9.17, 15) is 38.4 Å². The number of esters is 6. The third-order valence-electron chi connectivity index (χ3n) is 8.97. The molecule has 2 aromatic carbocycles. The van der Waals surface area contributed by atoms with Crippen molar-refractivity contribution < 1.29 is 85.7 Å². The molecule has 2 saturated heterocycles. The van der Waals surface area contributed by atoms with Gasteiger partial charge < -0.3 is 47.4 Å². The first-order valence-corrected chi connectivity index (χ1v) is 18.1. The fourth-order valence-electron chi connectivity index (χ4n) is 6.85. The second-order valence-corrected chi connectivity index (χ2v) is 13.4. The van der Waals surface area contributed by atoms with E-state index in [2.05, 4.69) is 0 Å². The molecule has 3 aliphatic heterocycles. The standard InChI is InChI=1S/C39H43NO18/c1-19(41)49-17-29-31(53-21(3)43)33(54-22(4)44)30(40-36(47)26-14-10-11-15-27(26)37(40)48)38(57-29)51-18-28(52-20(2)42)32-34(55-23(5)45)35(56-24(6)46)39(58-32)50-16-25-12-8-7-9-13-25/h7-15,28-35,38-39H,16-18H2,1-6H3/t28?,29?,30?,31-,32+,33?,34?,35?,38-,39+/m1/s1. The summed E-state index contributed by atoms with van der Waals surface area (Å²) in [6, 6.07) is 13.1. The van der Waals surface area contributed by atoms with E-state index in [0.717, 1.165) is 46.4 Å². The van der Waals surface area contributed by atoms with Crippen molar-refractivity contribution in [3.05, 3.63) is 71.3 Å². The van der Waals surface area contributed by atoms with Gasteiger partial charge in [-0.05, 0) is 17.7 Å². The highest BCUT2D eigenvalue weighted by Crippen LogP contribution is 2.37. The lowest BCUT2D eigenvalue weighted by Gasteiger charge is -2.47. The number of fused-ring (bicyclic) bond motifs is 1. The van der Waals surface area contributed by atoms with E-state index in [4.69, 9.17) is 47.4 Å². The van der Waals surface area contributed by atoms with E-state index in [1.54, 1.807) is 30.3 Å². The van der Waals surface area contributed by atoms with Crippen LogP contribution in [0, 0.1) is 0 Å². The number of hydrogen-bond donors (Lipinski definition) is 0. The summed E-state index contributed by atoms with van der Waals surface area (Å²) in [5, 5.41) is 0. The summed E-state index contributed by atoms with van der Waals surface area (Å²) in [5.74, 6) is -6.70. The van der Waals surface area contributed by atoms with Gasteiger partial charge in [-0.2, -0.15) is 0 Å². The number of rotatable bonds is 15. The zero-order valence-electron chi connectivity index (χ0n) is 32.4. The van der Waals surface area contributed by atoms with Crippen LogP contribution in [0.25, 0.3) is 0 Å². The predicted molar refractivity (Wildman–Crippen MR) is 190 cm³/mol. The van der Waals surface area contributed by atoms with Gasteiger partial charge in [-0.25, -0.2) is 0 Å². The van der Waals surface area contributed by atoms with Crippen LogP contribution >= 0.6 is 0 Å². The minimum absolute atomic E-state index is 0.00155.